The molecule has 1 amide bonds. The molecule has 0 radical (unpaired) electrons. The fourth-order valence-corrected chi connectivity index (χ4v) is 6.10. The van der Waals surface area contributed by atoms with E-state index in [2.05, 4.69) is 9.88 Å². The van der Waals surface area contributed by atoms with Gasteiger partial charge in [0, 0.05) is 31.7 Å². The van der Waals surface area contributed by atoms with E-state index in [1.807, 2.05) is 6.07 Å². The molecule has 2 atom stereocenters. The zero-order valence-corrected chi connectivity index (χ0v) is 24.5. The van der Waals surface area contributed by atoms with Gasteiger partial charge < -0.3 is 25.4 Å². The van der Waals surface area contributed by atoms with Crippen LogP contribution in [0.3, 0.4) is 0 Å². The highest BCUT2D eigenvalue weighted by Gasteiger charge is 2.60. The van der Waals surface area contributed by atoms with Crippen molar-refractivity contribution < 1.29 is 27.8 Å². The van der Waals surface area contributed by atoms with Gasteiger partial charge in [-0.25, -0.2) is 4.98 Å². The Hall–Kier alpha value is -2.60. The lowest BCUT2D eigenvalue weighted by molar-refractivity contribution is -0.201. The first-order valence-electron chi connectivity index (χ1n) is 13.9. The third-order valence-corrected chi connectivity index (χ3v) is 8.75. The zero-order chi connectivity index (χ0) is 29.9. The summed E-state index contributed by atoms with van der Waals surface area (Å²) in [6.45, 7) is 2.13. The molecule has 1 unspecified atom stereocenters. The van der Waals surface area contributed by atoms with Crippen LogP contribution in [0.2, 0.25) is 5.15 Å². The molecule has 226 valence electrons. The summed E-state index contributed by atoms with van der Waals surface area (Å²) in [6.07, 6.45) is -1.59. The Morgan fingerprint density at radius 2 is 1.73 bits per heavy atom. The summed E-state index contributed by atoms with van der Waals surface area (Å²) in [5.74, 6) is 0.689. The van der Waals surface area contributed by atoms with Gasteiger partial charge in [0.1, 0.15) is 22.9 Å². The van der Waals surface area contributed by atoms with E-state index >= 15 is 0 Å². The smallest absolute Gasteiger partial charge is 0.419 e. The maximum absolute atomic E-state index is 14.2. The molecule has 2 aliphatic rings. The van der Waals surface area contributed by atoms with Crippen molar-refractivity contribution in [3.8, 4) is 5.75 Å². The second-order valence-electron chi connectivity index (χ2n) is 11.3. The van der Waals surface area contributed by atoms with E-state index in [1.54, 1.807) is 25.1 Å². The molecule has 3 N–H and O–H groups in total. The number of carbonyl (C=O) groups excluding carboxylic acids is 1. The Kier molecular flexibility index (Phi) is 9.73. The summed E-state index contributed by atoms with van der Waals surface area (Å²) in [7, 11) is 4.87. The number of methoxy groups -OCH3 is 1. The summed E-state index contributed by atoms with van der Waals surface area (Å²) < 4.78 is 47.8. The number of likely N-dealkylation sites (tertiary alicyclic amines) is 1. The van der Waals surface area contributed by atoms with Gasteiger partial charge in [0.15, 0.2) is 0 Å². The quantitative estimate of drug-likeness (QED) is 0.340. The molecule has 4 rings (SSSR count). The number of halogens is 4. The molecular weight excluding hydrogens is 559 g/mol. The van der Waals surface area contributed by atoms with Crippen LogP contribution in [-0.4, -0.2) is 79.4 Å². The predicted molar refractivity (Wildman–Crippen MR) is 152 cm³/mol. The molecule has 1 aromatic carbocycles. The molecule has 0 bridgehead atoms. The van der Waals surface area contributed by atoms with Crippen LogP contribution >= 0.6 is 11.6 Å². The number of hydrogen-bond acceptors (Lipinski definition) is 7. The maximum Gasteiger partial charge on any atom is 0.419 e. The Balaban J connectivity index is 1.31. The van der Waals surface area contributed by atoms with E-state index in [9.17, 15) is 23.1 Å². The van der Waals surface area contributed by atoms with Crippen molar-refractivity contribution in [3.63, 3.8) is 0 Å². The Bertz CT molecular complexity index is 1200. The summed E-state index contributed by atoms with van der Waals surface area (Å²) in [4.78, 5) is 22.9. The van der Waals surface area contributed by atoms with E-state index in [1.165, 1.54) is 36.3 Å². The van der Waals surface area contributed by atoms with Crippen molar-refractivity contribution in [1.29, 1.82) is 0 Å². The lowest BCUT2D eigenvalue weighted by Crippen LogP contribution is -2.62. The normalized spacial score (nSPS) is 19.8. The van der Waals surface area contributed by atoms with Gasteiger partial charge in [-0.15, -0.1) is 0 Å². The van der Waals surface area contributed by atoms with E-state index in [-0.39, 0.29) is 29.6 Å². The number of anilines is 1. The highest BCUT2D eigenvalue weighted by Crippen LogP contribution is 2.41. The molecule has 12 heteroatoms. The van der Waals surface area contributed by atoms with Crippen LogP contribution in [0.1, 0.15) is 49.5 Å². The van der Waals surface area contributed by atoms with Crippen molar-refractivity contribution in [2.75, 3.05) is 52.3 Å². The minimum absolute atomic E-state index is 0.207. The average molecular weight is 598 g/mol. The van der Waals surface area contributed by atoms with E-state index in [4.69, 9.17) is 22.1 Å². The molecule has 0 aliphatic carbocycles. The van der Waals surface area contributed by atoms with E-state index < -0.39 is 23.9 Å². The topological polar surface area (TPSA) is 95.2 Å². The van der Waals surface area contributed by atoms with Crippen LogP contribution in [0.5, 0.6) is 5.75 Å². The van der Waals surface area contributed by atoms with Crippen molar-refractivity contribution in [2.24, 2.45) is 17.6 Å². The number of hydrogen-bond donors (Lipinski definition) is 2. The average Bonchev–Trinajstić information content (AvgIpc) is 2.96. The number of aliphatic hydroxyl groups excluding tert-OH is 1. The van der Waals surface area contributed by atoms with E-state index in [0.717, 1.165) is 38.2 Å². The van der Waals surface area contributed by atoms with Crippen LogP contribution in [-0.2, 0) is 10.3 Å². The number of aromatic nitrogens is 1. The number of nitrogens with two attached hydrogens (primary N) is 1. The number of rotatable bonds is 8. The van der Waals surface area contributed by atoms with Gasteiger partial charge in [-0.05, 0) is 87.9 Å². The lowest BCUT2D eigenvalue weighted by atomic mass is 9.82. The Morgan fingerprint density at radius 1 is 1.12 bits per heavy atom. The third kappa shape index (κ3) is 6.74. The van der Waals surface area contributed by atoms with Crippen LogP contribution < -0.4 is 15.4 Å². The monoisotopic (exact) mass is 597 g/mol. The number of aliphatic hydroxyl groups is 1. The number of benzene rings is 1. The highest BCUT2D eigenvalue weighted by molar-refractivity contribution is 6.30. The first-order valence-corrected chi connectivity index (χ1v) is 14.3. The van der Waals surface area contributed by atoms with Gasteiger partial charge in [-0.3, -0.25) is 9.69 Å². The van der Waals surface area contributed by atoms with Gasteiger partial charge in [-0.2, -0.15) is 13.2 Å². The lowest BCUT2D eigenvalue weighted by Gasteiger charge is -2.40. The molecule has 1 aromatic heterocycles. The maximum atomic E-state index is 14.2. The molecule has 2 saturated heterocycles. The molecule has 0 spiro atoms. The molecule has 2 aliphatic heterocycles. The second kappa shape index (κ2) is 12.7. The molecule has 41 heavy (non-hydrogen) atoms. The molecular formula is C29H39ClF3N5O3. The summed E-state index contributed by atoms with van der Waals surface area (Å²) in [5.41, 5.74) is 2.97. The number of nitrogens with zero attached hydrogens (tertiary/aromatic N) is 4. The number of ether oxygens (including phenoxy) is 1. The zero-order valence-electron chi connectivity index (χ0n) is 23.7. The number of amides is 1. The van der Waals surface area contributed by atoms with Gasteiger partial charge in [0.2, 0.25) is 5.54 Å². The van der Waals surface area contributed by atoms with Crippen LogP contribution in [0, 0.1) is 11.8 Å². The fourth-order valence-electron chi connectivity index (χ4n) is 5.85. The minimum atomic E-state index is -4.97. The van der Waals surface area contributed by atoms with Gasteiger partial charge in [-0.1, -0.05) is 23.7 Å². The van der Waals surface area contributed by atoms with Crippen molar-refractivity contribution in [3.05, 3.63) is 52.7 Å². The highest BCUT2D eigenvalue weighted by atomic mass is 35.5. The Morgan fingerprint density at radius 3 is 2.27 bits per heavy atom. The Labute approximate surface area is 244 Å². The van der Waals surface area contributed by atoms with Crippen LogP contribution in [0.4, 0.5) is 19.0 Å². The number of piperidine rings is 2. The molecule has 2 fully saturated rings. The van der Waals surface area contributed by atoms with Crippen molar-refractivity contribution in [2.45, 2.75) is 50.0 Å². The van der Waals surface area contributed by atoms with Crippen molar-refractivity contribution in [1.82, 2.24) is 14.8 Å². The van der Waals surface area contributed by atoms with Crippen LogP contribution in [0.25, 0.3) is 0 Å². The molecule has 0 saturated carbocycles. The summed E-state index contributed by atoms with van der Waals surface area (Å²) >= 11 is 6.35. The largest absolute Gasteiger partial charge is 0.497 e. The van der Waals surface area contributed by atoms with Gasteiger partial charge >= 0.3 is 6.18 Å². The van der Waals surface area contributed by atoms with Crippen molar-refractivity contribution >= 4 is 23.3 Å². The predicted octanol–water partition coefficient (Wildman–Crippen LogP) is 4.56. The first kappa shape index (κ1) is 31.3. The molecule has 8 nitrogen and oxygen atoms in total. The number of alkyl halides is 3. The molecule has 3 heterocycles. The number of pyridine rings is 1. The van der Waals surface area contributed by atoms with Gasteiger partial charge in [0.05, 0.1) is 7.11 Å². The standard InChI is InChI=1S/C29H39ClF3N5O3/c1-36(2)26(39)23-7-8-24(35-25(23)30)37-13-9-19(10-14-37)17-20-11-15-38(16-12-20)27(40)28(34,29(31,32)33)21-5-4-6-22(18-21)41-3/h4-8,18-20,26,39H,9-17,34H2,1-3H3/t26?,28-/m1/s1. The second-order valence-corrected chi connectivity index (χ2v) is 11.7. The fraction of sp³-hybridized carbons (Fsp3) is 0.586. The molecule has 2 aromatic rings. The van der Waals surface area contributed by atoms with Crippen LogP contribution in [0.15, 0.2) is 36.4 Å². The number of carbonyl (C=O) groups is 1. The minimum Gasteiger partial charge on any atom is -0.497 e. The summed E-state index contributed by atoms with van der Waals surface area (Å²) in [6, 6.07) is 9.00. The third-order valence-electron chi connectivity index (χ3n) is 8.45. The SMILES string of the molecule is COc1cccc([C@@](N)(C(=O)N2CCC(CC3CCN(c4ccc(C(O)N(C)C)c(Cl)n4)CC3)CC2)C(F)(F)F)c1. The van der Waals surface area contributed by atoms with E-state index in [0.29, 0.717) is 30.2 Å². The first-order chi connectivity index (χ1) is 19.3. The summed E-state index contributed by atoms with van der Waals surface area (Å²) in [5, 5.41) is 10.6. The van der Waals surface area contributed by atoms with Gasteiger partial charge in [0.25, 0.3) is 5.91 Å².